The van der Waals surface area contributed by atoms with E-state index >= 15 is 0 Å². The van der Waals surface area contributed by atoms with Crippen LogP contribution in [0.25, 0.3) is 0 Å². The van der Waals surface area contributed by atoms with E-state index in [0.717, 1.165) is 12.1 Å². The Balaban J connectivity index is 2.20. The number of nitrogens with zero attached hydrogens (tertiary/aromatic N) is 1. The molecule has 2 rings (SSSR count). The quantitative estimate of drug-likeness (QED) is 0.816. The van der Waals surface area contributed by atoms with Gasteiger partial charge in [0.1, 0.15) is 5.82 Å². The molecule has 1 fully saturated rings. The van der Waals surface area contributed by atoms with Crippen LogP contribution in [0, 0.1) is 5.82 Å². The zero-order valence-electron chi connectivity index (χ0n) is 13.1. The van der Waals surface area contributed by atoms with Gasteiger partial charge in [-0.3, -0.25) is 0 Å². The third-order valence-electron chi connectivity index (χ3n) is 3.78. The van der Waals surface area contributed by atoms with Crippen LogP contribution in [0.1, 0.15) is 19.4 Å². The van der Waals surface area contributed by atoms with E-state index in [-0.39, 0.29) is 11.4 Å². The molecule has 0 saturated carbocycles. The van der Waals surface area contributed by atoms with E-state index in [2.05, 4.69) is 24.1 Å². The Morgan fingerprint density at radius 1 is 1.43 bits per heavy atom. The van der Waals surface area contributed by atoms with Crippen molar-refractivity contribution in [1.29, 1.82) is 0 Å². The summed E-state index contributed by atoms with van der Waals surface area (Å²) in [4.78, 5) is 2.12. The second-order valence-corrected chi connectivity index (χ2v) is 5.93. The number of halogens is 1. The predicted octanol–water partition coefficient (Wildman–Crippen LogP) is 2.18. The van der Waals surface area contributed by atoms with Crippen molar-refractivity contribution in [2.24, 2.45) is 0 Å². The van der Waals surface area contributed by atoms with Gasteiger partial charge in [0.25, 0.3) is 0 Å². The molecule has 0 radical (unpaired) electrons. The van der Waals surface area contributed by atoms with Crippen LogP contribution >= 0.6 is 0 Å². The molecule has 1 aromatic rings. The Labute approximate surface area is 126 Å². The van der Waals surface area contributed by atoms with Gasteiger partial charge in [0.15, 0.2) is 0 Å². The average molecular weight is 296 g/mol. The predicted molar refractivity (Wildman–Crippen MR) is 82.2 cm³/mol. The van der Waals surface area contributed by atoms with Crippen LogP contribution < -0.4 is 10.2 Å². The number of rotatable bonds is 6. The number of ether oxygens (including phenoxy) is 2. The summed E-state index contributed by atoms with van der Waals surface area (Å²) in [5, 5.41) is 3.29. The number of benzene rings is 1. The van der Waals surface area contributed by atoms with Crippen LogP contribution in [0.3, 0.4) is 0 Å². The summed E-state index contributed by atoms with van der Waals surface area (Å²) in [6.45, 7) is 8.14. The van der Waals surface area contributed by atoms with Gasteiger partial charge < -0.3 is 19.7 Å². The highest BCUT2D eigenvalue weighted by Gasteiger charge is 2.33. The fourth-order valence-corrected chi connectivity index (χ4v) is 2.68. The number of morpholine rings is 1. The molecule has 0 amide bonds. The smallest absolute Gasteiger partial charge is 0.146 e. The fraction of sp³-hybridized carbons (Fsp3) is 0.625. The van der Waals surface area contributed by atoms with Gasteiger partial charge in [-0.25, -0.2) is 4.39 Å². The lowest BCUT2D eigenvalue weighted by Gasteiger charge is -2.44. The van der Waals surface area contributed by atoms with Gasteiger partial charge in [-0.05, 0) is 25.5 Å². The minimum atomic E-state index is -0.207. The number of methoxy groups -OCH3 is 1. The summed E-state index contributed by atoms with van der Waals surface area (Å²) in [7, 11) is 1.67. The lowest BCUT2D eigenvalue weighted by Crippen LogP contribution is -2.54. The SMILES string of the molecule is COCCNCc1cccc(F)c1N1CCOCC1(C)C. The highest BCUT2D eigenvalue weighted by atomic mass is 19.1. The number of anilines is 1. The maximum absolute atomic E-state index is 14.4. The molecule has 1 aromatic carbocycles. The average Bonchev–Trinajstić information content (AvgIpc) is 2.44. The Morgan fingerprint density at radius 2 is 2.24 bits per heavy atom. The third-order valence-corrected chi connectivity index (χ3v) is 3.78. The number of hydrogen-bond acceptors (Lipinski definition) is 4. The third kappa shape index (κ3) is 3.93. The van der Waals surface area contributed by atoms with E-state index in [1.54, 1.807) is 13.2 Å². The van der Waals surface area contributed by atoms with E-state index in [1.165, 1.54) is 6.07 Å². The van der Waals surface area contributed by atoms with Crippen molar-refractivity contribution in [3.63, 3.8) is 0 Å². The van der Waals surface area contributed by atoms with Crippen LogP contribution in [0.15, 0.2) is 18.2 Å². The first-order valence-electron chi connectivity index (χ1n) is 7.38. The van der Waals surface area contributed by atoms with Crippen LogP contribution in [-0.4, -0.2) is 45.6 Å². The highest BCUT2D eigenvalue weighted by molar-refractivity contribution is 5.57. The van der Waals surface area contributed by atoms with Gasteiger partial charge in [0.2, 0.25) is 0 Å². The summed E-state index contributed by atoms with van der Waals surface area (Å²) in [6.07, 6.45) is 0. The second-order valence-electron chi connectivity index (χ2n) is 5.93. The molecule has 0 aliphatic carbocycles. The maximum Gasteiger partial charge on any atom is 0.146 e. The first kappa shape index (κ1) is 16.2. The van der Waals surface area contributed by atoms with Gasteiger partial charge in [0, 0.05) is 26.7 Å². The minimum absolute atomic E-state index is 0.170. The summed E-state index contributed by atoms with van der Waals surface area (Å²) >= 11 is 0. The van der Waals surface area contributed by atoms with Crippen molar-refractivity contribution in [1.82, 2.24) is 5.32 Å². The van der Waals surface area contributed by atoms with Crippen molar-refractivity contribution in [2.45, 2.75) is 25.9 Å². The molecule has 0 aromatic heterocycles. The number of nitrogens with one attached hydrogen (secondary N) is 1. The van der Waals surface area contributed by atoms with Gasteiger partial charge in [-0.15, -0.1) is 0 Å². The largest absolute Gasteiger partial charge is 0.383 e. The van der Waals surface area contributed by atoms with Crippen LogP contribution in [0.2, 0.25) is 0 Å². The zero-order chi connectivity index (χ0) is 15.3. The highest BCUT2D eigenvalue weighted by Crippen LogP contribution is 2.32. The Morgan fingerprint density at radius 3 is 2.95 bits per heavy atom. The molecule has 118 valence electrons. The lowest BCUT2D eigenvalue weighted by molar-refractivity contribution is 0.0638. The Bertz CT molecular complexity index is 466. The van der Waals surface area contributed by atoms with Crippen molar-refractivity contribution in [3.05, 3.63) is 29.6 Å². The van der Waals surface area contributed by atoms with E-state index in [0.29, 0.717) is 38.6 Å². The summed E-state index contributed by atoms with van der Waals surface area (Å²) in [5.74, 6) is -0.170. The summed E-state index contributed by atoms with van der Waals surface area (Å²) in [6, 6.07) is 5.27. The molecule has 0 spiro atoms. The van der Waals surface area contributed by atoms with E-state index in [9.17, 15) is 4.39 Å². The Hall–Kier alpha value is -1.17. The van der Waals surface area contributed by atoms with Gasteiger partial charge in [-0.2, -0.15) is 0 Å². The maximum atomic E-state index is 14.4. The molecule has 1 heterocycles. The molecule has 0 atom stereocenters. The molecule has 1 aliphatic rings. The molecule has 21 heavy (non-hydrogen) atoms. The molecular formula is C16H25FN2O2. The monoisotopic (exact) mass is 296 g/mol. The van der Waals surface area contributed by atoms with Crippen molar-refractivity contribution in [3.8, 4) is 0 Å². The van der Waals surface area contributed by atoms with E-state index in [1.807, 2.05) is 6.07 Å². The summed E-state index contributed by atoms with van der Waals surface area (Å²) < 4.78 is 25.0. The van der Waals surface area contributed by atoms with Crippen molar-refractivity contribution >= 4 is 5.69 Å². The number of hydrogen-bond donors (Lipinski definition) is 1. The first-order chi connectivity index (χ1) is 10.1. The molecule has 5 heteroatoms. The molecule has 0 bridgehead atoms. The molecule has 1 aliphatic heterocycles. The molecule has 4 nitrogen and oxygen atoms in total. The summed E-state index contributed by atoms with van der Waals surface area (Å²) in [5.41, 5.74) is 1.46. The fourth-order valence-electron chi connectivity index (χ4n) is 2.68. The van der Waals surface area contributed by atoms with Gasteiger partial charge in [0.05, 0.1) is 31.0 Å². The van der Waals surface area contributed by atoms with E-state index < -0.39 is 0 Å². The Kier molecular flexibility index (Phi) is 5.56. The molecule has 1 N–H and O–H groups in total. The van der Waals surface area contributed by atoms with Crippen LogP contribution in [0.4, 0.5) is 10.1 Å². The molecule has 0 unspecified atom stereocenters. The van der Waals surface area contributed by atoms with Crippen LogP contribution in [-0.2, 0) is 16.0 Å². The topological polar surface area (TPSA) is 33.7 Å². The van der Waals surface area contributed by atoms with Gasteiger partial charge in [-0.1, -0.05) is 12.1 Å². The van der Waals surface area contributed by atoms with Crippen molar-refractivity contribution in [2.75, 3.05) is 44.9 Å². The van der Waals surface area contributed by atoms with Crippen LogP contribution in [0.5, 0.6) is 0 Å². The van der Waals surface area contributed by atoms with Crippen molar-refractivity contribution < 1.29 is 13.9 Å². The first-order valence-corrected chi connectivity index (χ1v) is 7.38. The lowest BCUT2D eigenvalue weighted by atomic mass is 9.99. The normalized spacial score (nSPS) is 18.0. The second kappa shape index (κ2) is 7.20. The minimum Gasteiger partial charge on any atom is -0.383 e. The number of para-hydroxylation sites is 1. The zero-order valence-corrected chi connectivity index (χ0v) is 13.1. The van der Waals surface area contributed by atoms with E-state index in [4.69, 9.17) is 9.47 Å². The molecular weight excluding hydrogens is 271 g/mol. The molecule has 1 saturated heterocycles. The van der Waals surface area contributed by atoms with Gasteiger partial charge >= 0.3 is 0 Å². The standard InChI is InChI=1S/C16H25FN2O2/c1-16(2)12-21-10-8-19(16)15-13(5-4-6-14(15)17)11-18-7-9-20-3/h4-6,18H,7-12H2,1-3H3.